The minimum absolute atomic E-state index is 0.0397. The highest BCUT2D eigenvalue weighted by atomic mass is 16.4. The van der Waals surface area contributed by atoms with Crippen LogP contribution in [-0.2, 0) is 11.8 Å². The monoisotopic (exact) mass is 289 g/mol. The molecule has 1 amide bonds. The van der Waals surface area contributed by atoms with Gasteiger partial charge in [-0.1, -0.05) is 0 Å². The lowest BCUT2D eigenvalue weighted by atomic mass is 10.2. The second-order valence-electron chi connectivity index (χ2n) is 4.60. The van der Waals surface area contributed by atoms with Gasteiger partial charge in [-0.25, -0.2) is 0 Å². The van der Waals surface area contributed by atoms with E-state index in [1.165, 1.54) is 28.9 Å². The fraction of sp³-hybridized carbons (Fsp3) is 0.214. The predicted octanol–water partition coefficient (Wildman–Crippen LogP) is 1.17. The molecule has 2 aromatic rings. The van der Waals surface area contributed by atoms with Gasteiger partial charge in [0.1, 0.15) is 18.0 Å². The number of phenolic OH excluding ortho intramolecular Hbond substituents is 1. The molecule has 2 N–H and O–H groups in total. The standard InChI is InChI=1S/C14H15N3O4/c1-9-7-12(16(2)15-9)14(21)17(8-13(19)20)10-3-5-11(18)6-4-10/h3-7,18H,8H2,1-2H3,(H,19,20). The Hall–Kier alpha value is -2.83. The summed E-state index contributed by atoms with van der Waals surface area (Å²) in [6.45, 7) is 1.27. The van der Waals surface area contributed by atoms with E-state index in [4.69, 9.17) is 5.11 Å². The number of hydrogen-bond donors (Lipinski definition) is 2. The third-order valence-electron chi connectivity index (χ3n) is 2.92. The topological polar surface area (TPSA) is 95.7 Å². The van der Waals surface area contributed by atoms with Gasteiger partial charge in [0.25, 0.3) is 5.91 Å². The number of rotatable bonds is 4. The molecule has 21 heavy (non-hydrogen) atoms. The third-order valence-corrected chi connectivity index (χ3v) is 2.92. The van der Waals surface area contributed by atoms with E-state index in [1.54, 1.807) is 20.0 Å². The average Bonchev–Trinajstić information content (AvgIpc) is 2.75. The fourth-order valence-electron chi connectivity index (χ4n) is 2.00. The quantitative estimate of drug-likeness (QED) is 0.880. The normalized spacial score (nSPS) is 10.4. The second-order valence-corrected chi connectivity index (χ2v) is 4.60. The van der Waals surface area contributed by atoms with Crippen LogP contribution < -0.4 is 4.90 Å². The lowest BCUT2D eigenvalue weighted by molar-refractivity contribution is -0.135. The SMILES string of the molecule is Cc1cc(C(=O)N(CC(=O)O)c2ccc(O)cc2)n(C)n1. The van der Waals surface area contributed by atoms with Gasteiger partial charge < -0.3 is 10.2 Å². The number of anilines is 1. The molecule has 0 unspecified atom stereocenters. The van der Waals surface area contributed by atoms with Crippen LogP contribution in [0.2, 0.25) is 0 Å². The van der Waals surface area contributed by atoms with Crippen molar-refractivity contribution in [1.82, 2.24) is 9.78 Å². The van der Waals surface area contributed by atoms with E-state index in [0.717, 1.165) is 4.90 Å². The van der Waals surface area contributed by atoms with Gasteiger partial charge in [-0.05, 0) is 37.3 Å². The van der Waals surface area contributed by atoms with Crippen molar-refractivity contribution in [3.05, 3.63) is 41.7 Å². The highest BCUT2D eigenvalue weighted by molar-refractivity contribution is 6.07. The van der Waals surface area contributed by atoms with Gasteiger partial charge in [0, 0.05) is 12.7 Å². The van der Waals surface area contributed by atoms with Gasteiger partial charge in [-0.3, -0.25) is 19.2 Å². The summed E-state index contributed by atoms with van der Waals surface area (Å²) in [5, 5.41) is 22.4. The zero-order valence-corrected chi connectivity index (χ0v) is 11.6. The average molecular weight is 289 g/mol. The van der Waals surface area contributed by atoms with Crippen molar-refractivity contribution in [1.29, 1.82) is 0 Å². The Kier molecular flexibility index (Phi) is 3.93. The summed E-state index contributed by atoms with van der Waals surface area (Å²) in [5.41, 5.74) is 1.35. The maximum Gasteiger partial charge on any atom is 0.323 e. The van der Waals surface area contributed by atoms with Crippen molar-refractivity contribution >= 4 is 17.6 Å². The molecule has 0 spiro atoms. The van der Waals surface area contributed by atoms with Crippen molar-refractivity contribution in [2.75, 3.05) is 11.4 Å². The number of aryl methyl sites for hydroxylation is 2. The highest BCUT2D eigenvalue weighted by Gasteiger charge is 2.23. The maximum atomic E-state index is 12.5. The van der Waals surface area contributed by atoms with Crippen LogP contribution in [0.4, 0.5) is 5.69 Å². The van der Waals surface area contributed by atoms with Gasteiger partial charge >= 0.3 is 5.97 Å². The Bertz CT molecular complexity index is 676. The highest BCUT2D eigenvalue weighted by Crippen LogP contribution is 2.20. The molecule has 0 radical (unpaired) electrons. The smallest absolute Gasteiger partial charge is 0.323 e. The third kappa shape index (κ3) is 3.19. The number of carboxylic acids is 1. The lowest BCUT2D eigenvalue weighted by Crippen LogP contribution is -2.36. The molecule has 0 fully saturated rings. The summed E-state index contributed by atoms with van der Waals surface area (Å²) in [6, 6.07) is 7.36. The zero-order valence-electron chi connectivity index (χ0n) is 11.6. The number of phenols is 1. The number of aromatic hydroxyl groups is 1. The Balaban J connectivity index is 2.40. The molecule has 110 valence electrons. The minimum atomic E-state index is -1.13. The van der Waals surface area contributed by atoms with E-state index in [9.17, 15) is 14.7 Å². The van der Waals surface area contributed by atoms with Gasteiger partial charge in [0.05, 0.1) is 5.69 Å². The van der Waals surface area contributed by atoms with Gasteiger partial charge in [0.2, 0.25) is 0 Å². The molecule has 0 saturated heterocycles. The van der Waals surface area contributed by atoms with E-state index in [0.29, 0.717) is 17.1 Å². The van der Waals surface area contributed by atoms with E-state index >= 15 is 0 Å². The number of nitrogens with zero attached hydrogens (tertiary/aromatic N) is 3. The molecule has 1 aromatic carbocycles. The molecular formula is C14H15N3O4. The summed E-state index contributed by atoms with van der Waals surface area (Å²) >= 11 is 0. The number of carbonyl (C=O) groups is 2. The molecule has 1 aromatic heterocycles. The Labute approximate surface area is 121 Å². The maximum absolute atomic E-state index is 12.5. The number of benzene rings is 1. The fourth-order valence-corrected chi connectivity index (χ4v) is 2.00. The first-order chi connectivity index (χ1) is 9.88. The van der Waals surface area contributed by atoms with Gasteiger partial charge in [-0.2, -0.15) is 5.10 Å². The number of aliphatic carboxylic acids is 1. The van der Waals surface area contributed by atoms with Crippen molar-refractivity contribution in [2.45, 2.75) is 6.92 Å². The summed E-state index contributed by atoms with van der Waals surface area (Å²) in [6.07, 6.45) is 0. The summed E-state index contributed by atoms with van der Waals surface area (Å²) in [4.78, 5) is 24.7. The Morgan fingerprint density at radius 1 is 1.29 bits per heavy atom. The molecule has 7 heteroatoms. The Morgan fingerprint density at radius 3 is 2.38 bits per heavy atom. The molecule has 0 saturated carbocycles. The first-order valence-electron chi connectivity index (χ1n) is 6.22. The number of carboxylic acid groups (broad SMARTS) is 1. The predicted molar refractivity (Wildman–Crippen MR) is 75.4 cm³/mol. The van der Waals surface area contributed by atoms with Crippen LogP contribution in [0.15, 0.2) is 30.3 Å². The minimum Gasteiger partial charge on any atom is -0.508 e. The first-order valence-corrected chi connectivity index (χ1v) is 6.22. The molecule has 0 aliphatic rings. The number of aromatic nitrogens is 2. The van der Waals surface area contributed by atoms with E-state index in [2.05, 4.69) is 5.10 Å². The van der Waals surface area contributed by atoms with Crippen molar-refractivity contribution in [3.63, 3.8) is 0 Å². The van der Waals surface area contributed by atoms with Crippen LogP contribution in [-0.4, -0.2) is 38.4 Å². The summed E-state index contributed by atoms with van der Waals surface area (Å²) in [5.74, 6) is -1.56. The van der Waals surface area contributed by atoms with Gasteiger partial charge in [0.15, 0.2) is 0 Å². The van der Waals surface area contributed by atoms with E-state index < -0.39 is 18.4 Å². The molecule has 0 aliphatic carbocycles. The van der Waals surface area contributed by atoms with Crippen LogP contribution in [0.5, 0.6) is 5.75 Å². The summed E-state index contributed by atoms with van der Waals surface area (Å²) < 4.78 is 1.41. The lowest BCUT2D eigenvalue weighted by Gasteiger charge is -2.20. The molecule has 7 nitrogen and oxygen atoms in total. The Morgan fingerprint density at radius 2 is 1.90 bits per heavy atom. The number of hydrogen-bond acceptors (Lipinski definition) is 4. The van der Waals surface area contributed by atoms with Crippen molar-refractivity contribution < 1.29 is 19.8 Å². The largest absolute Gasteiger partial charge is 0.508 e. The van der Waals surface area contributed by atoms with Crippen LogP contribution in [0.25, 0.3) is 0 Å². The molecule has 0 aliphatic heterocycles. The van der Waals surface area contributed by atoms with E-state index in [-0.39, 0.29) is 5.75 Å². The number of carbonyl (C=O) groups excluding carboxylic acids is 1. The van der Waals surface area contributed by atoms with E-state index in [1.807, 2.05) is 0 Å². The molecule has 0 bridgehead atoms. The summed E-state index contributed by atoms with van der Waals surface area (Å²) in [7, 11) is 1.62. The molecule has 1 heterocycles. The molecule has 0 atom stereocenters. The van der Waals surface area contributed by atoms with Crippen LogP contribution in [0.3, 0.4) is 0 Å². The second kappa shape index (κ2) is 5.66. The molecule has 2 rings (SSSR count). The van der Waals surface area contributed by atoms with Crippen molar-refractivity contribution in [2.24, 2.45) is 7.05 Å². The zero-order chi connectivity index (χ0) is 15.6. The van der Waals surface area contributed by atoms with Gasteiger partial charge in [-0.15, -0.1) is 0 Å². The van der Waals surface area contributed by atoms with Crippen LogP contribution in [0, 0.1) is 6.92 Å². The first kappa shape index (κ1) is 14.6. The van der Waals surface area contributed by atoms with Crippen LogP contribution in [0.1, 0.15) is 16.2 Å². The molecular weight excluding hydrogens is 274 g/mol. The van der Waals surface area contributed by atoms with Crippen LogP contribution >= 0.6 is 0 Å². The number of amides is 1. The van der Waals surface area contributed by atoms with Crippen molar-refractivity contribution in [3.8, 4) is 5.75 Å².